The molecule has 126 valence electrons. The number of benzene rings is 1. The Labute approximate surface area is 147 Å². The van der Waals surface area contributed by atoms with Crippen LogP contribution in [0.15, 0.2) is 18.2 Å². The van der Waals surface area contributed by atoms with E-state index in [9.17, 15) is 13.2 Å². The van der Waals surface area contributed by atoms with E-state index in [1.165, 1.54) is 0 Å². The van der Waals surface area contributed by atoms with Gasteiger partial charge in [0.25, 0.3) is 0 Å². The number of ether oxygens (including phenoxy) is 1. The summed E-state index contributed by atoms with van der Waals surface area (Å²) in [5.41, 5.74) is 1.25. The Balaban J connectivity index is 2.70. The van der Waals surface area contributed by atoms with Crippen LogP contribution in [-0.4, -0.2) is 16.8 Å². The van der Waals surface area contributed by atoms with Gasteiger partial charge in [-0.15, -0.1) is 0 Å². The molecule has 0 radical (unpaired) electrons. The van der Waals surface area contributed by atoms with E-state index in [0.29, 0.717) is 20.2 Å². The van der Waals surface area contributed by atoms with Crippen molar-refractivity contribution in [1.82, 2.24) is 4.98 Å². The highest BCUT2D eigenvalue weighted by molar-refractivity contribution is 14.1. The Hall–Kier alpha value is -0.890. The van der Waals surface area contributed by atoms with Gasteiger partial charge in [0.2, 0.25) is 0 Å². The summed E-state index contributed by atoms with van der Waals surface area (Å²) in [5, 5.41) is 0.712. The molecule has 1 heterocycles. The number of pyridine rings is 1. The standard InChI is InChI=1S/C17H19F3INO/c1-9-6-7-11-12(8-9)22-10(2)13(14(11)21)15(17(18,19)20)23-16(3,4)5/h6-8,15H,1-5H3/t15-/m0/s1. The van der Waals surface area contributed by atoms with Gasteiger partial charge < -0.3 is 4.74 Å². The summed E-state index contributed by atoms with van der Waals surface area (Å²) >= 11 is 1.96. The molecule has 0 spiro atoms. The van der Waals surface area contributed by atoms with Crippen LogP contribution in [0.2, 0.25) is 0 Å². The first-order valence-electron chi connectivity index (χ1n) is 7.21. The first kappa shape index (κ1) is 18.4. The Kier molecular flexibility index (Phi) is 4.97. The van der Waals surface area contributed by atoms with Crippen molar-refractivity contribution in [2.75, 3.05) is 0 Å². The summed E-state index contributed by atoms with van der Waals surface area (Å²) in [6.07, 6.45) is -6.49. The third-order valence-corrected chi connectivity index (χ3v) is 4.50. The summed E-state index contributed by atoms with van der Waals surface area (Å²) in [6, 6.07) is 5.56. The molecular weight excluding hydrogens is 418 g/mol. The zero-order valence-corrected chi connectivity index (χ0v) is 15.8. The van der Waals surface area contributed by atoms with Crippen molar-refractivity contribution in [3.8, 4) is 0 Å². The quantitative estimate of drug-likeness (QED) is 0.548. The zero-order valence-electron chi connectivity index (χ0n) is 13.7. The summed E-state index contributed by atoms with van der Waals surface area (Å²) in [7, 11) is 0. The number of alkyl halides is 3. The number of hydrogen-bond donors (Lipinski definition) is 0. The lowest BCUT2D eigenvalue weighted by molar-refractivity contribution is -0.249. The minimum atomic E-state index is -4.50. The number of halogens is 4. The smallest absolute Gasteiger partial charge is 0.358 e. The van der Waals surface area contributed by atoms with Gasteiger partial charge in [-0.1, -0.05) is 12.1 Å². The average Bonchev–Trinajstić information content (AvgIpc) is 2.34. The lowest BCUT2D eigenvalue weighted by Crippen LogP contribution is -2.33. The highest BCUT2D eigenvalue weighted by Gasteiger charge is 2.46. The first-order chi connectivity index (χ1) is 10.4. The van der Waals surface area contributed by atoms with E-state index in [4.69, 9.17) is 4.74 Å². The summed E-state index contributed by atoms with van der Waals surface area (Å²) in [6.45, 7) is 8.38. The van der Waals surface area contributed by atoms with Crippen LogP contribution < -0.4 is 0 Å². The maximum atomic E-state index is 13.6. The molecule has 0 aliphatic carbocycles. The maximum absolute atomic E-state index is 13.6. The molecular formula is C17H19F3INO. The van der Waals surface area contributed by atoms with Crippen molar-refractivity contribution >= 4 is 33.5 Å². The normalized spacial score (nSPS) is 14.3. The number of aromatic nitrogens is 1. The molecule has 23 heavy (non-hydrogen) atoms. The molecule has 0 aliphatic rings. The number of rotatable bonds is 2. The van der Waals surface area contributed by atoms with Gasteiger partial charge in [0.15, 0.2) is 6.10 Å². The molecule has 1 aromatic carbocycles. The number of hydrogen-bond acceptors (Lipinski definition) is 2. The van der Waals surface area contributed by atoms with Crippen LogP contribution in [0.5, 0.6) is 0 Å². The van der Waals surface area contributed by atoms with E-state index in [0.717, 1.165) is 5.56 Å². The second-order valence-electron chi connectivity index (χ2n) is 6.60. The lowest BCUT2D eigenvalue weighted by atomic mass is 10.0. The molecule has 0 amide bonds. The molecule has 2 nitrogen and oxygen atoms in total. The molecule has 1 atom stereocenters. The summed E-state index contributed by atoms with van der Waals surface area (Å²) < 4.78 is 46.7. The molecule has 6 heteroatoms. The molecule has 2 aromatic rings. The van der Waals surface area contributed by atoms with Crippen LogP contribution in [0.1, 0.15) is 43.7 Å². The van der Waals surface area contributed by atoms with Crippen molar-refractivity contribution in [1.29, 1.82) is 0 Å². The summed E-state index contributed by atoms with van der Waals surface area (Å²) in [5.74, 6) is 0. The van der Waals surface area contributed by atoms with Crippen molar-refractivity contribution in [2.45, 2.75) is 52.5 Å². The van der Waals surface area contributed by atoms with Gasteiger partial charge in [-0.2, -0.15) is 13.2 Å². The molecule has 1 aromatic heterocycles. The lowest BCUT2D eigenvalue weighted by Gasteiger charge is -2.31. The average molecular weight is 437 g/mol. The van der Waals surface area contributed by atoms with Crippen LogP contribution in [0.25, 0.3) is 10.9 Å². The largest absolute Gasteiger partial charge is 0.418 e. The van der Waals surface area contributed by atoms with Crippen LogP contribution in [-0.2, 0) is 4.74 Å². The number of aryl methyl sites for hydroxylation is 2. The van der Waals surface area contributed by atoms with E-state index in [1.807, 2.05) is 47.7 Å². The Morgan fingerprint density at radius 2 is 1.74 bits per heavy atom. The van der Waals surface area contributed by atoms with Gasteiger partial charge in [0.05, 0.1) is 11.1 Å². The van der Waals surface area contributed by atoms with Crippen molar-refractivity contribution in [3.05, 3.63) is 38.6 Å². The molecule has 0 bridgehead atoms. The number of fused-ring (bicyclic) bond motifs is 1. The molecule has 0 saturated carbocycles. The van der Waals surface area contributed by atoms with Gasteiger partial charge in [-0.3, -0.25) is 4.98 Å². The first-order valence-corrected chi connectivity index (χ1v) is 8.29. The second kappa shape index (κ2) is 6.20. The fourth-order valence-electron chi connectivity index (χ4n) is 2.41. The van der Waals surface area contributed by atoms with Gasteiger partial charge in [0.1, 0.15) is 0 Å². The molecule has 0 fully saturated rings. The van der Waals surface area contributed by atoms with E-state index in [2.05, 4.69) is 4.98 Å². The van der Waals surface area contributed by atoms with Gasteiger partial charge in [-0.25, -0.2) is 0 Å². The Morgan fingerprint density at radius 3 is 2.26 bits per heavy atom. The van der Waals surface area contributed by atoms with Crippen LogP contribution >= 0.6 is 22.6 Å². The van der Waals surface area contributed by atoms with Gasteiger partial charge in [-0.05, 0) is 68.8 Å². The van der Waals surface area contributed by atoms with E-state index >= 15 is 0 Å². The van der Waals surface area contributed by atoms with E-state index in [1.54, 1.807) is 27.7 Å². The van der Waals surface area contributed by atoms with Gasteiger partial charge in [0, 0.05) is 20.2 Å². The Morgan fingerprint density at radius 1 is 1.13 bits per heavy atom. The molecule has 0 saturated heterocycles. The predicted octanol–water partition coefficient (Wildman–Crippen LogP) is 5.87. The molecule has 0 aliphatic heterocycles. The fourth-order valence-corrected chi connectivity index (χ4v) is 3.54. The van der Waals surface area contributed by atoms with Crippen molar-refractivity contribution < 1.29 is 17.9 Å². The minimum Gasteiger partial charge on any atom is -0.358 e. The fraction of sp³-hybridized carbons (Fsp3) is 0.471. The second-order valence-corrected chi connectivity index (χ2v) is 7.68. The van der Waals surface area contributed by atoms with Crippen molar-refractivity contribution in [3.63, 3.8) is 0 Å². The topological polar surface area (TPSA) is 22.1 Å². The third-order valence-electron chi connectivity index (χ3n) is 3.34. The predicted molar refractivity (Wildman–Crippen MR) is 93.6 cm³/mol. The highest BCUT2D eigenvalue weighted by atomic mass is 127. The van der Waals surface area contributed by atoms with Crippen LogP contribution in [0.3, 0.4) is 0 Å². The number of nitrogens with zero attached hydrogens (tertiary/aromatic N) is 1. The van der Waals surface area contributed by atoms with Crippen LogP contribution in [0, 0.1) is 17.4 Å². The summed E-state index contributed by atoms with van der Waals surface area (Å²) in [4.78, 5) is 4.38. The third kappa shape index (κ3) is 4.15. The molecule has 2 rings (SSSR count). The van der Waals surface area contributed by atoms with E-state index in [-0.39, 0.29) is 5.56 Å². The maximum Gasteiger partial charge on any atom is 0.418 e. The SMILES string of the molecule is Cc1ccc2c(I)c([C@H](OC(C)(C)C)C(F)(F)F)c(C)nc2c1. The van der Waals surface area contributed by atoms with Gasteiger partial charge >= 0.3 is 6.18 Å². The molecule has 0 N–H and O–H groups in total. The Bertz CT molecular complexity index is 735. The van der Waals surface area contributed by atoms with E-state index < -0.39 is 17.9 Å². The minimum absolute atomic E-state index is 0.101. The molecule has 0 unspecified atom stereocenters. The monoisotopic (exact) mass is 437 g/mol. The van der Waals surface area contributed by atoms with Crippen LogP contribution in [0.4, 0.5) is 13.2 Å². The zero-order chi connectivity index (χ0) is 17.6. The highest BCUT2D eigenvalue weighted by Crippen LogP contribution is 2.42. The van der Waals surface area contributed by atoms with Crippen molar-refractivity contribution in [2.24, 2.45) is 0 Å².